The monoisotopic (exact) mass is 312 g/mol. The maximum atomic E-state index is 11.8. The van der Waals surface area contributed by atoms with Crippen molar-refractivity contribution >= 4 is 5.69 Å². The predicted octanol–water partition coefficient (Wildman–Crippen LogP) is 2.42. The molecule has 1 aromatic carbocycles. The lowest BCUT2D eigenvalue weighted by molar-refractivity contribution is -0.0861. The van der Waals surface area contributed by atoms with Crippen LogP contribution in [-0.4, -0.2) is 40.6 Å². The third-order valence-electron chi connectivity index (χ3n) is 7.59. The lowest BCUT2D eigenvalue weighted by Crippen LogP contribution is -2.69. The summed E-state index contributed by atoms with van der Waals surface area (Å²) in [5.41, 5.74) is 1.32. The third kappa shape index (κ3) is 1.20. The van der Waals surface area contributed by atoms with Gasteiger partial charge in [-0.1, -0.05) is 25.1 Å². The highest BCUT2D eigenvalue weighted by Crippen LogP contribution is 2.66. The minimum absolute atomic E-state index is 0.00666. The number of ether oxygens (including phenoxy) is 1. The fourth-order valence-corrected chi connectivity index (χ4v) is 6.58. The molecule has 122 valence electrons. The summed E-state index contributed by atoms with van der Waals surface area (Å²) in [7, 11) is 0. The van der Waals surface area contributed by atoms with Crippen molar-refractivity contribution in [1.29, 1.82) is 0 Å². The lowest BCUT2D eigenvalue weighted by Gasteiger charge is -2.54. The van der Waals surface area contributed by atoms with Crippen LogP contribution in [0.3, 0.4) is 0 Å². The fraction of sp³-hybridized carbons (Fsp3) is 0.684. The number of fused-ring (bicyclic) bond motifs is 3. The topological polar surface area (TPSA) is 35.9 Å². The van der Waals surface area contributed by atoms with Gasteiger partial charge in [-0.3, -0.25) is 4.90 Å². The summed E-state index contributed by atoms with van der Waals surface area (Å²) in [4.78, 5) is 5.07. The van der Waals surface area contributed by atoms with Crippen LogP contribution < -0.4 is 4.90 Å². The summed E-state index contributed by atoms with van der Waals surface area (Å²) in [5.74, 6) is 0.610. The number of benzene rings is 1. The van der Waals surface area contributed by atoms with E-state index in [0.29, 0.717) is 5.92 Å². The highest BCUT2D eigenvalue weighted by Gasteiger charge is 2.74. The van der Waals surface area contributed by atoms with Crippen LogP contribution >= 0.6 is 0 Å². The molecule has 1 spiro atoms. The number of aliphatic hydroxyl groups is 1. The molecule has 5 aliphatic rings. The maximum absolute atomic E-state index is 11.8. The molecule has 6 rings (SSSR count). The smallest absolute Gasteiger partial charge is 0.135 e. The first kappa shape index (κ1) is 13.2. The standard InChI is InChI=1S/C19H24N2O2/c1-2-17-11-13-7-8-19-18(22,9-10-20(19)12-17)14-5-3-4-6-15(14)21(19)16(13)23-17/h3-6,13,16,22H,2,7-12H2,1H3. The Bertz CT molecular complexity index is 708. The molecule has 4 saturated heterocycles. The summed E-state index contributed by atoms with van der Waals surface area (Å²) >= 11 is 0. The molecule has 0 amide bonds. The minimum Gasteiger partial charge on any atom is -0.381 e. The molecule has 4 heteroatoms. The highest BCUT2D eigenvalue weighted by molar-refractivity contribution is 5.68. The first-order valence-corrected chi connectivity index (χ1v) is 9.18. The number of hydrogen-bond donors (Lipinski definition) is 1. The van der Waals surface area contributed by atoms with E-state index >= 15 is 0 Å². The average molecular weight is 312 g/mol. The molecule has 0 aliphatic carbocycles. The van der Waals surface area contributed by atoms with Crippen LogP contribution in [0.5, 0.6) is 0 Å². The molecule has 5 aliphatic heterocycles. The van der Waals surface area contributed by atoms with Gasteiger partial charge in [0, 0.05) is 30.3 Å². The molecule has 5 heterocycles. The molecular weight excluding hydrogens is 288 g/mol. The molecule has 1 aromatic rings. The third-order valence-corrected chi connectivity index (χ3v) is 7.59. The van der Waals surface area contributed by atoms with Gasteiger partial charge in [0.2, 0.25) is 0 Å². The Labute approximate surface area is 137 Å². The van der Waals surface area contributed by atoms with Gasteiger partial charge >= 0.3 is 0 Å². The van der Waals surface area contributed by atoms with Crippen molar-refractivity contribution in [3.8, 4) is 0 Å². The molecular formula is C19H24N2O2. The molecule has 0 radical (unpaired) electrons. The summed E-state index contributed by atoms with van der Waals surface area (Å²) < 4.78 is 6.73. The number of para-hydroxylation sites is 1. The molecule has 4 fully saturated rings. The lowest BCUT2D eigenvalue weighted by atomic mass is 9.74. The van der Waals surface area contributed by atoms with Crippen LogP contribution in [0.25, 0.3) is 0 Å². The van der Waals surface area contributed by atoms with Gasteiger partial charge in [0.05, 0.1) is 5.60 Å². The van der Waals surface area contributed by atoms with Crippen molar-refractivity contribution < 1.29 is 9.84 Å². The quantitative estimate of drug-likeness (QED) is 0.864. The summed E-state index contributed by atoms with van der Waals surface area (Å²) in [6, 6.07) is 8.50. The van der Waals surface area contributed by atoms with Gasteiger partial charge in [-0.2, -0.15) is 0 Å². The number of hydrogen-bond acceptors (Lipinski definition) is 4. The second-order valence-electron chi connectivity index (χ2n) is 8.28. The molecule has 0 saturated carbocycles. The molecule has 0 aromatic heterocycles. The van der Waals surface area contributed by atoms with E-state index < -0.39 is 5.60 Å². The zero-order valence-electron chi connectivity index (χ0n) is 13.7. The van der Waals surface area contributed by atoms with E-state index in [9.17, 15) is 5.11 Å². The van der Waals surface area contributed by atoms with E-state index in [1.807, 2.05) is 0 Å². The highest BCUT2D eigenvalue weighted by atomic mass is 16.5. The Morgan fingerprint density at radius 1 is 1.30 bits per heavy atom. The van der Waals surface area contributed by atoms with E-state index in [-0.39, 0.29) is 17.5 Å². The molecule has 5 atom stereocenters. The zero-order chi connectivity index (χ0) is 15.4. The fourth-order valence-electron chi connectivity index (χ4n) is 6.58. The molecule has 5 unspecified atom stereocenters. The predicted molar refractivity (Wildman–Crippen MR) is 87.0 cm³/mol. The van der Waals surface area contributed by atoms with Crippen molar-refractivity contribution in [3.05, 3.63) is 29.8 Å². The van der Waals surface area contributed by atoms with Gasteiger partial charge in [0.15, 0.2) is 0 Å². The zero-order valence-corrected chi connectivity index (χ0v) is 13.7. The van der Waals surface area contributed by atoms with Crippen molar-refractivity contribution in [2.24, 2.45) is 5.92 Å². The van der Waals surface area contributed by atoms with Gasteiger partial charge in [0.25, 0.3) is 0 Å². The van der Waals surface area contributed by atoms with Crippen LogP contribution in [0.1, 0.15) is 44.6 Å². The first-order valence-electron chi connectivity index (χ1n) is 9.18. The second kappa shape index (κ2) is 3.76. The Morgan fingerprint density at radius 3 is 3.04 bits per heavy atom. The van der Waals surface area contributed by atoms with Crippen LogP contribution in [0.4, 0.5) is 5.69 Å². The number of nitrogens with zero attached hydrogens (tertiary/aromatic N) is 2. The van der Waals surface area contributed by atoms with Crippen molar-refractivity contribution in [2.45, 2.75) is 62.1 Å². The van der Waals surface area contributed by atoms with Gasteiger partial charge < -0.3 is 14.7 Å². The molecule has 4 nitrogen and oxygen atoms in total. The average Bonchev–Trinajstić information content (AvgIpc) is 3.09. The van der Waals surface area contributed by atoms with E-state index in [0.717, 1.165) is 37.9 Å². The normalized spacial score (nSPS) is 49.4. The van der Waals surface area contributed by atoms with Crippen LogP contribution in [0, 0.1) is 5.92 Å². The Hall–Kier alpha value is -1.10. The minimum atomic E-state index is -0.739. The van der Waals surface area contributed by atoms with Gasteiger partial charge in [-0.25, -0.2) is 0 Å². The number of rotatable bonds is 1. The van der Waals surface area contributed by atoms with E-state index in [4.69, 9.17) is 4.74 Å². The van der Waals surface area contributed by atoms with Gasteiger partial charge in [-0.15, -0.1) is 0 Å². The Kier molecular flexibility index (Phi) is 2.16. The first-order chi connectivity index (χ1) is 11.1. The Morgan fingerprint density at radius 2 is 2.17 bits per heavy atom. The largest absolute Gasteiger partial charge is 0.381 e. The molecule has 23 heavy (non-hydrogen) atoms. The second-order valence-corrected chi connectivity index (χ2v) is 8.28. The van der Waals surface area contributed by atoms with Crippen molar-refractivity contribution in [1.82, 2.24) is 4.90 Å². The maximum Gasteiger partial charge on any atom is 0.135 e. The van der Waals surface area contributed by atoms with E-state index in [1.165, 1.54) is 18.5 Å². The van der Waals surface area contributed by atoms with E-state index in [1.54, 1.807) is 0 Å². The molecule has 3 bridgehead atoms. The SMILES string of the molecule is CCC12CC3CCC45N(CCC4(O)c4ccccc4N5C3O1)C2. The summed E-state index contributed by atoms with van der Waals surface area (Å²) in [5, 5.41) is 11.8. The van der Waals surface area contributed by atoms with Crippen LogP contribution in [-0.2, 0) is 10.3 Å². The van der Waals surface area contributed by atoms with Crippen molar-refractivity contribution in [2.75, 3.05) is 18.0 Å². The van der Waals surface area contributed by atoms with E-state index in [2.05, 4.69) is 41.0 Å². The van der Waals surface area contributed by atoms with Crippen LogP contribution in [0.2, 0.25) is 0 Å². The summed E-state index contributed by atoms with van der Waals surface area (Å²) in [6.07, 6.45) is 5.47. The number of piperidine rings is 1. The Balaban J connectivity index is 1.65. The summed E-state index contributed by atoms with van der Waals surface area (Å²) in [6.45, 7) is 4.22. The van der Waals surface area contributed by atoms with Crippen molar-refractivity contribution in [3.63, 3.8) is 0 Å². The molecule has 1 N–H and O–H groups in total. The number of anilines is 1. The van der Waals surface area contributed by atoms with Crippen LogP contribution in [0.15, 0.2) is 24.3 Å². The van der Waals surface area contributed by atoms with Gasteiger partial charge in [0.1, 0.15) is 17.5 Å². The van der Waals surface area contributed by atoms with Gasteiger partial charge in [-0.05, 0) is 38.2 Å².